The van der Waals surface area contributed by atoms with Crippen molar-refractivity contribution in [2.75, 3.05) is 6.61 Å². The largest absolute Gasteiger partial charge is 0.411 e. The fourth-order valence-corrected chi connectivity index (χ4v) is 0.145. The summed E-state index contributed by atoms with van der Waals surface area (Å²) < 4.78 is 0. The molecular formula is C6H14N2O3. The monoisotopic (exact) mass is 162 g/mol. The zero-order valence-corrected chi connectivity index (χ0v) is 6.94. The Labute approximate surface area is 65.7 Å². The number of nitrogens with zero attached hydrogens (tertiary/aromatic N) is 2. The van der Waals surface area contributed by atoms with Gasteiger partial charge in [0.1, 0.15) is 11.4 Å². The SMILES string of the molecule is CC(=NO)C(C)=NO.CCO. The lowest BCUT2D eigenvalue weighted by molar-refractivity contribution is 0.313. The lowest BCUT2D eigenvalue weighted by atomic mass is 10.3. The van der Waals surface area contributed by atoms with Gasteiger partial charge in [0, 0.05) is 6.61 Å². The second-order valence-corrected chi connectivity index (χ2v) is 1.69. The van der Waals surface area contributed by atoms with E-state index in [-0.39, 0.29) is 6.61 Å². The van der Waals surface area contributed by atoms with Crippen LogP contribution in [0.25, 0.3) is 0 Å². The van der Waals surface area contributed by atoms with E-state index in [1.807, 2.05) is 0 Å². The molecule has 0 unspecified atom stereocenters. The number of aliphatic hydroxyl groups excluding tert-OH is 1. The summed E-state index contributed by atoms with van der Waals surface area (Å²) >= 11 is 0. The Hall–Kier alpha value is -1.10. The van der Waals surface area contributed by atoms with Crippen LogP contribution in [0.5, 0.6) is 0 Å². The smallest absolute Gasteiger partial charge is 0.101 e. The van der Waals surface area contributed by atoms with Gasteiger partial charge in [-0.3, -0.25) is 0 Å². The molecule has 0 saturated heterocycles. The van der Waals surface area contributed by atoms with Crippen molar-refractivity contribution in [2.24, 2.45) is 10.3 Å². The van der Waals surface area contributed by atoms with Crippen LogP contribution in [-0.2, 0) is 0 Å². The molecule has 0 rings (SSSR count). The first-order valence-corrected chi connectivity index (χ1v) is 3.12. The van der Waals surface area contributed by atoms with Gasteiger partial charge in [0.05, 0.1) is 0 Å². The van der Waals surface area contributed by atoms with Crippen molar-refractivity contribution in [3.05, 3.63) is 0 Å². The molecule has 0 radical (unpaired) electrons. The average molecular weight is 162 g/mol. The van der Waals surface area contributed by atoms with Crippen LogP contribution in [0.3, 0.4) is 0 Å². The van der Waals surface area contributed by atoms with E-state index in [0.717, 1.165) is 0 Å². The van der Waals surface area contributed by atoms with E-state index in [1.165, 1.54) is 13.8 Å². The minimum absolute atomic E-state index is 0.250. The first-order valence-electron chi connectivity index (χ1n) is 3.12. The molecule has 0 aliphatic heterocycles. The van der Waals surface area contributed by atoms with E-state index in [2.05, 4.69) is 10.3 Å². The van der Waals surface area contributed by atoms with E-state index in [0.29, 0.717) is 11.4 Å². The quantitative estimate of drug-likeness (QED) is 0.301. The van der Waals surface area contributed by atoms with Crippen LogP contribution in [0.4, 0.5) is 0 Å². The van der Waals surface area contributed by atoms with Crippen molar-refractivity contribution in [3.63, 3.8) is 0 Å². The fourth-order valence-electron chi connectivity index (χ4n) is 0.145. The number of hydrogen-bond donors (Lipinski definition) is 3. The molecule has 11 heavy (non-hydrogen) atoms. The molecule has 0 aromatic heterocycles. The molecule has 0 amide bonds. The summed E-state index contributed by atoms with van der Waals surface area (Å²) in [7, 11) is 0. The number of hydrogen-bond acceptors (Lipinski definition) is 5. The second-order valence-electron chi connectivity index (χ2n) is 1.69. The van der Waals surface area contributed by atoms with Gasteiger partial charge in [-0.25, -0.2) is 0 Å². The highest BCUT2D eigenvalue weighted by molar-refractivity contribution is 6.40. The van der Waals surface area contributed by atoms with Crippen LogP contribution in [-0.4, -0.2) is 33.6 Å². The predicted octanol–water partition coefficient (Wildman–Crippen LogP) is 0.685. The Morgan fingerprint density at radius 3 is 1.36 bits per heavy atom. The molecule has 0 atom stereocenters. The normalized spacial score (nSPS) is 12.0. The summed E-state index contributed by atoms with van der Waals surface area (Å²) in [5.41, 5.74) is 0.625. The Kier molecular flexibility index (Phi) is 10.2. The van der Waals surface area contributed by atoms with Crippen LogP contribution in [0, 0.1) is 0 Å². The van der Waals surface area contributed by atoms with Gasteiger partial charge in [0.25, 0.3) is 0 Å². The molecule has 0 fully saturated rings. The van der Waals surface area contributed by atoms with Crippen molar-refractivity contribution in [3.8, 4) is 0 Å². The molecule has 0 aliphatic carbocycles. The molecule has 3 N–H and O–H groups in total. The Morgan fingerprint density at radius 2 is 1.27 bits per heavy atom. The minimum atomic E-state index is 0.250. The highest BCUT2D eigenvalue weighted by atomic mass is 16.4. The summed E-state index contributed by atoms with van der Waals surface area (Å²) in [4.78, 5) is 0. The Bertz CT molecular complexity index is 127. The molecule has 0 bridgehead atoms. The molecule has 0 aromatic carbocycles. The van der Waals surface area contributed by atoms with Gasteiger partial charge < -0.3 is 15.5 Å². The molecule has 0 aliphatic rings. The minimum Gasteiger partial charge on any atom is -0.411 e. The lowest BCUT2D eigenvalue weighted by Crippen LogP contribution is -2.04. The van der Waals surface area contributed by atoms with E-state index < -0.39 is 0 Å². The van der Waals surface area contributed by atoms with E-state index >= 15 is 0 Å². The van der Waals surface area contributed by atoms with Crippen LogP contribution in [0.15, 0.2) is 10.3 Å². The van der Waals surface area contributed by atoms with Gasteiger partial charge in [0.2, 0.25) is 0 Å². The first kappa shape index (κ1) is 12.6. The fraction of sp³-hybridized carbons (Fsp3) is 0.667. The van der Waals surface area contributed by atoms with Crippen molar-refractivity contribution < 1.29 is 15.5 Å². The average Bonchev–Trinajstić information content (AvgIpc) is 2.03. The number of rotatable bonds is 1. The molecule has 5 heteroatoms. The maximum absolute atomic E-state index is 8.03. The number of oxime groups is 2. The van der Waals surface area contributed by atoms with E-state index in [1.54, 1.807) is 6.92 Å². The van der Waals surface area contributed by atoms with Gasteiger partial charge in [-0.05, 0) is 20.8 Å². The lowest BCUT2D eigenvalue weighted by Gasteiger charge is -1.88. The van der Waals surface area contributed by atoms with Gasteiger partial charge >= 0.3 is 0 Å². The van der Waals surface area contributed by atoms with Gasteiger partial charge in [-0.15, -0.1) is 0 Å². The van der Waals surface area contributed by atoms with Gasteiger partial charge in [0.15, 0.2) is 0 Å². The van der Waals surface area contributed by atoms with Crippen molar-refractivity contribution >= 4 is 11.4 Å². The molecule has 0 heterocycles. The highest BCUT2D eigenvalue weighted by Gasteiger charge is 1.93. The standard InChI is InChI=1S/C4H8N2O2.C2H6O/c1-3(5-7)4(2)6-8;1-2-3/h7-8H,1-2H3;3H,2H2,1H3. The molecule has 66 valence electrons. The van der Waals surface area contributed by atoms with Crippen LogP contribution in [0.2, 0.25) is 0 Å². The zero-order valence-electron chi connectivity index (χ0n) is 6.94. The summed E-state index contributed by atoms with van der Waals surface area (Å²) in [6, 6.07) is 0. The topological polar surface area (TPSA) is 85.4 Å². The molecule has 0 aromatic rings. The maximum Gasteiger partial charge on any atom is 0.101 e. The highest BCUT2D eigenvalue weighted by Crippen LogP contribution is 1.79. The molecular weight excluding hydrogens is 148 g/mol. The zero-order chi connectivity index (χ0) is 9.28. The third-order valence-electron chi connectivity index (χ3n) is 0.824. The van der Waals surface area contributed by atoms with Crippen molar-refractivity contribution in [2.45, 2.75) is 20.8 Å². The first-order chi connectivity index (χ1) is 5.13. The van der Waals surface area contributed by atoms with E-state index in [4.69, 9.17) is 15.5 Å². The summed E-state index contributed by atoms with van der Waals surface area (Å²) in [5.74, 6) is 0. The molecule has 5 nitrogen and oxygen atoms in total. The van der Waals surface area contributed by atoms with Gasteiger partial charge in [-0.2, -0.15) is 0 Å². The summed E-state index contributed by atoms with van der Waals surface area (Å²) in [6.07, 6.45) is 0. The van der Waals surface area contributed by atoms with Crippen LogP contribution < -0.4 is 0 Å². The third-order valence-corrected chi connectivity index (χ3v) is 0.824. The summed E-state index contributed by atoms with van der Waals surface area (Å²) in [6.45, 7) is 5.00. The molecule has 0 saturated carbocycles. The Morgan fingerprint density at radius 1 is 1.09 bits per heavy atom. The Balaban J connectivity index is 0. The summed E-state index contributed by atoms with van der Waals surface area (Å²) in [5, 5.41) is 29.2. The van der Waals surface area contributed by atoms with Crippen LogP contribution in [0.1, 0.15) is 20.8 Å². The number of aliphatic hydroxyl groups is 1. The van der Waals surface area contributed by atoms with Crippen molar-refractivity contribution in [1.82, 2.24) is 0 Å². The maximum atomic E-state index is 8.03. The van der Waals surface area contributed by atoms with Crippen LogP contribution >= 0.6 is 0 Å². The predicted molar refractivity (Wildman–Crippen MR) is 42.6 cm³/mol. The van der Waals surface area contributed by atoms with Crippen molar-refractivity contribution in [1.29, 1.82) is 0 Å². The van der Waals surface area contributed by atoms with Gasteiger partial charge in [-0.1, -0.05) is 10.3 Å². The molecule has 0 spiro atoms. The third kappa shape index (κ3) is 8.90. The second kappa shape index (κ2) is 8.90. The van der Waals surface area contributed by atoms with E-state index in [9.17, 15) is 0 Å².